The summed E-state index contributed by atoms with van der Waals surface area (Å²) >= 11 is 0. The standard InChI is InChI=1S/C43H63BO2/c1-8-10-12-14-16-18-20-22-24-45-41-30-37-38-31-42(46-25-23-21-19-17-15-13-11-9-2)34(5)29-40(38)44(39(37)28-33(41)4)43-35(6)26-32(3)27-36(43)7/h26-31H,8-25H2,1-7H3. The van der Waals surface area contributed by atoms with Gasteiger partial charge >= 0.3 is 0 Å². The SMILES string of the molecule is CCCCCCCCCCOc1cc2c(cc1C)B(c1c(C)cc(C)cc1C)c1cc(C)c(OCCCCCCCCCC)cc1-2. The van der Waals surface area contributed by atoms with Crippen LogP contribution in [0.25, 0.3) is 11.1 Å². The molecule has 0 unspecified atom stereocenters. The predicted molar refractivity (Wildman–Crippen MR) is 203 cm³/mol. The molecule has 3 aromatic rings. The predicted octanol–water partition coefficient (Wildman–Crippen LogP) is 10.8. The lowest BCUT2D eigenvalue weighted by Gasteiger charge is -2.19. The Morgan fingerprint density at radius 2 is 0.804 bits per heavy atom. The van der Waals surface area contributed by atoms with Gasteiger partial charge in [0, 0.05) is 0 Å². The first kappa shape index (κ1) is 36.2. The molecule has 1 heterocycles. The first-order chi connectivity index (χ1) is 22.3. The van der Waals surface area contributed by atoms with Crippen LogP contribution in [-0.2, 0) is 0 Å². The second kappa shape index (κ2) is 18.6. The summed E-state index contributed by atoms with van der Waals surface area (Å²) in [5, 5.41) is 0. The molecule has 1 aliphatic heterocycles. The number of benzene rings is 3. The number of unbranched alkanes of at least 4 members (excludes halogenated alkanes) is 14. The first-order valence-corrected chi connectivity index (χ1v) is 19.0. The van der Waals surface area contributed by atoms with Gasteiger partial charge in [0.15, 0.2) is 0 Å². The molecule has 0 bridgehead atoms. The molecule has 0 N–H and O–H groups in total. The largest absolute Gasteiger partial charge is 0.493 e. The highest BCUT2D eigenvalue weighted by Gasteiger charge is 2.36. The van der Waals surface area contributed by atoms with Crippen LogP contribution in [0.4, 0.5) is 0 Å². The van der Waals surface area contributed by atoms with E-state index in [0.717, 1.165) is 37.6 Å². The zero-order valence-corrected chi connectivity index (χ0v) is 30.6. The van der Waals surface area contributed by atoms with Crippen LogP contribution in [0, 0.1) is 34.6 Å². The molecule has 1 aliphatic rings. The Morgan fingerprint density at radius 3 is 1.20 bits per heavy atom. The van der Waals surface area contributed by atoms with E-state index < -0.39 is 0 Å². The van der Waals surface area contributed by atoms with Gasteiger partial charge in [-0.3, -0.25) is 0 Å². The lowest BCUT2D eigenvalue weighted by molar-refractivity contribution is 0.302. The Balaban J connectivity index is 1.51. The minimum atomic E-state index is 0.228. The minimum absolute atomic E-state index is 0.228. The zero-order valence-electron chi connectivity index (χ0n) is 30.6. The molecule has 3 aromatic carbocycles. The highest BCUT2D eigenvalue weighted by atomic mass is 16.5. The smallest absolute Gasteiger partial charge is 0.243 e. The highest BCUT2D eigenvalue weighted by molar-refractivity contribution is 6.99. The lowest BCUT2D eigenvalue weighted by atomic mass is 9.37. The van der Waals surface area contributed by atoms with Crippen LogP contribution < -0.4 is 25.9 Å². The van der Waals surface area contributed by atoms with Gasteiger partial charge in [-0.25, -0.2) is 0 Å². The van der Waals surface area contributed by atoms with Crippen LogP contribution in [0.15, 0.2) is 36.4 Å². The molecule has 0 aromatic heterocycles. The Labute approximate surface area is 283 Å². The van der Waals surface area contributed by atoms with Crippen LogP contribution >= 0.6 is 0 Å². The van der Waals surface area contributed by atoms with Gasteiger partial charge in [0.2, 0.25) is 6.71 Å². The molecule has 2 nitrogen and oxygen atoms in total. The fourth-order valence-corrected chi connectivity index (χ4v) is 7.64. The zero-order chi connectivity index (χ0) is 32.9. The van der Waals surface area contributed by atoms with Gasteiger partial charge in [-0.15, -0.1) is 0 Å². The highest BCUT2D eigenvalue weighted by Crippen LogP contribution is 2.34. The topological polar surface area (TPSA) is 18.5 Å². The number of aryl methyl sites for hydroxylation is 5. The van der Waals surface area contributed by atoms with E-state index in [9.17, 15) is 0 Å². The van der Waals surface area contributed by atoms with Crippen molar-refractivity contribution in [3.63, 3.8) is 0 Å². The summed E-state index contributed by atoms with van der Waals surface area (Å²) < 4.78 is 13.0. The molecule has 0 fully saturated rings. The van der Waals surface area contributed by atoms with Crippen molar-refractivity contribution in [3.8, 4) is 22.6 Å². The normalized spacial score (nSPS) is 12.0. The summed E-state index contributed by atoms with van der Waals surface area (Å²) in [5.74, 6) is 2.07. The number of hydrogen-bond acceptors (Lipinski definition) is 2. The molecule has 0 atom stereocenters. The molecule has 0 spiro atoms. The summed E-state index contributed by atoms with van der Waals surface area (Å²) in [6, 6.07) is 14.2. The minimum Gasteiger partial charge on any atom is -0.493 e. The van der Waals surface area contributed by atoms with Crippen molar-refractivity contribution in [1.29, 1.82) is 0 Å². The van der Waals surface area contributed by atoms with Crippen molar-refractivity contribution >= 4 is 23.1 Å². The van der Waals surface area contributed by atoms with Crippen LogP contribution in [0.2, 0.25) is 0 Å². The average molecular weight is 623 g/mol. The van der Waals surface area contributed by atoms with E-state index >= 15 is 0 Å². The van der Waals surface area contributed by atoms with Gasteiger partial charge in [-0.05, 0) is 81.8 Å². The van der Waals surface area contributed by atoms with Gasteiger partial charge in [0.25, 0.3) is 0 Å². The Morgan fingerprint density at radius 1 is 0.435 bits per heavy atom. The number of fused-ring (bicyclic) bond motifs is 3. The number of rotatable bonds is 21. The lowest BCUT2D eigenvalue weighted by Crippen LogP contribution is -2.51. The second-order valence-electron chi connectivity index (χ2n) is 14.3. The molecular formula is C43H63BO2. The van der Waals surface area contributed by atoms with Crippen molar-refractivity contribution in [2.24, 2.45) is 0 Å². The second-order valence-corrected chi connectivity index (χ2v) is 14.3. The maximum absolute atomic E-state index is 6.48. The molecule has 0 saturated heterocycles. The first-order valence-electron chi connectivity index (χ1n) is 19.0. The van der Waals surface area contributed by atoms with E-state index in [4.69, 9.17) is 9.47 Å². The summed E-state index contributed by atoms with van der Waals surface area (Å²) in [4.78, 5) is 0. The molecule has 4 rings (SSSR count). The molecule has 3 heteroatoms. The molecule has 250 valence electrons. The number of hydrogen-bond donors (Lipinski definition) is 0. The van der Waals surface area contributed by atoms with E-state index in [-0.39, 0.29) is 6.71 Å². The van der Waals surface area contributed by atoms with Crippen molar-refractivity contribution in [2.75, 3.05) is 13.2 Å². The fraction of sp³-hybridized carbons (Fsp3) is 0.581. The number of ether oxygens (including phenoxy) is 2. The van der Waals surface area contributed by atoms with E-state index in [2.05, 4.69) is 84.9 Å². The fourth-order valence-electron chi connectivity index (χ4n) is 7.64. The van der Waals surface area contributed by atoms with Gasteiger partial charge in [0.1, 0.15) is 11.5 Å². The quantitative estimate of drug-likeness (QED) is 0.0680. The summed E-state index contributed by atoms with van der Waals surface area (Å²) in [7, 11) is 0. The van der Waals surface area contributed by atoms with Crippen molar-refractivity contribution in [2.45, 2.75) is 151 Å². The van der Waals surface area contributed by atoms with Crippen molar-refractivity contribution in [3.05, 3.63) is 64.2 Å². The van der Waals surface area contributed by atoms with E-state index in [1.54, 1.807) is 0 Å². The maximum Gasteiger partial charge on any atom is 0.243 e. The third-order valence-electron chi connectivity index (χ3n) is 10.1. The van der Waals surface area contributed by atoms with Crippen LogP contribution in [0.1, 0.15) is 144 Å². The maximum atomic E-state index is 6.48. The van der Waals surface area contributed by atoms with Crippen LogP contribution in [0.3, 0.4) is 0 Å². The average Bonchev–Trinajstić information content (AvgIpc) is 3.30. The molecule has 46 heavy (non-hydrogen) atoms. The summed E-state index contributed by atoms with van der Waals surface area (Å²) in [5.41, 5.74) is 13.4. The third-order valence-corrected chi connectivity index (χ3v) is 10.1. The Hall–Kier alpha value is -2.68. The third kappa shape index (κ3) is 9.68. The summed E-state index contributed by atoms with van der Waals surface area (Å²) in [6.07, 6.45) is 21.0. The van der Waals surface area contributed by atoms with E-state index in [1.807, 2.05) is 0 Å². The molecule has 0 amide bonds. The van der Waals surface area contributed by atoms with Crippen LogP contribution in [-0.4, -0.2) is 19.9 Å². The van der Waals surface area contributed by atoms with Crippen molar-refractivity contribution in [1.82, 2.24) is 0 Å². The molecule has 0 radical (unpaired) electrons. The van der Waals surface area contributed by atoms with E-state index in [1.165, 1.54) is 145 Å². The van der Waals surface area contributed by atoms with Gasteiger partial charge < -0.3 is 9.47 Å². The van der Waals surface area contributed by atoms with Crippen molar-refractivity contribution < 1.29 is 9.47 Å². The van der Waals surface area contributed by atoms with Gasteiger partial charge in [0.05, 0.1) is 13.2 Å². The summed E-state index contributed by atoms with van der Waals surface area (Å²) in [6.45, 7) is 17.6. The molecule has 0 saturated carbocycles. The van der Waals surface area contributed by atoms with Crippen LogP contribution in [0.5, 0.6) is 11.5 Å². The van der Waals surface area contributed by atoms with Gasteiger partial charge in [-0.2, -0.15) is 0 Å². The molecule has 0 aliphatic carbocycles. The Kier molecular flexibility index (Phi) is 14.6. The molecular weight excluding hydrogens is 559 g/mol. The van der Waals surface area contributed by atoms with E-state index in [0.29, 0.717) is 0 Å². The monoisotopic (exact) mass is 622 g/mol. The Bertz CT molecular complexity index is 1290. The van der Waals surface area contributed by atoms with Gasteiger partial charge in [-0.1, -0.05) is 161 Å².